The molecule has 0 radical (unpaired) electrons. The molecule has 0 spiro atoms. The molecule has 0 unspecified atom stereocenters. The van der Waals surface area contributed by atoms with Crippen molar-refractivity contribution in [2.45, 2.75) is 33.1 Å². The van der Waals surface area contributed by atoms with Crippen molar-refractivity contribution < 1.29 is 9.47 Å². The Bertz CT molecular complexity index is 739. The van der Waals surface area contributed by atoms with Crippen molar-refractivity contribution in [3.05, 3.63) is 48.0 Å². The highest BCUT2D eigenvalue weighted by Crippen LogP contribution is 2.32. The standard InChI is InChI=1S/C20H26N2O2S/c1-6-24-18-10-8-7-9-15(18)21-19(25)22-16-13-14(20(2,3)4)11-12-17(16)23-5/h7-13H,6H2,1-5H3,(H2,21,22,25). The molecular weight excluding hydrogens is 332 g/mol. The van der Waals surface area contributed by atoms with Gasteiger partial charge >= 0.3 is 0 Å². The van der Waals surface area contributed by atoms with E-state index in [4.69, 9.17) is 21.7 Å². The van der Waals surface area contributed by atoms with Crippen LogP contribution in [0.5, 0.6) is 11.5 Å². The number of ether oxygens (including phenoxy) is 2. The van der Waals surface area contributed by atoms with Gasteiger partial charge in [-0.15, -0.1) is 0 Å². The zero-order valence-electron chi connectivity index (χ0n) is 15.5. The van der Waals surface area contributed by atoms with Crippen molar-refractivity contribution >= 4 is 28.7 Å². The van der Waals surface area contributed by atoms with Crippen molar-refractivity contribution in [1.82, 2.24) is 0 Å². The molecule has 4 nitrogen and oxygen atoms in total. The van der Waals surface area contributed by atoms with E-state index in [1.807, 2.05) is 37.3 Å². The molecule has 0 aliphatic carbocycles. The van der Waals surface area contributed by atoms with Crippen LogP contribution in [-0.2, 0) is 5.41 Å². The Labute approximate surface area is 155 Å². The Morgan fingerprint density at radius 2 is 1.68 bits per heavy atom. The first kappa shape index (κ1) is 19.1. The Hall–Kier alpha value is -2.27. The normalized spacial score (nSPS) is 10.9. The first-order valence-corrected chi connectivity index (χ1v) is 8.74. The second-order valence-electron chi connectivity index (χ2n) is 6.67. The average Bonchev–Trinajstić information content (AvgIpc) is 2.56. The van der Waals surface area contributed by atoms with Gasteiger partial charge in [0, 0.05) is 0 Å². The van der Waals surface area contributed by atoms with Gasteiger partial charge in [0.2, 0.25) is 0 Å². The molecular formula is C20H26N2O2S. The van der Waals surface area contributed by atoms with Crippen LogP contribution in [0.1, 0.15) is 33.3 Å². The number of para-hydroxylation sites is 2. The topological polar surface area (TPSA) is 42.5 Å². The summed E-state index contributed by atoms with van der Waals surface area (Å²) in [5.74, 6) is 1.51. The molecule has 2 N–H and O–H groups in total. The zero-order chi connectivity index (χ0) is 18.4. The van der Waals surface area contributed by atoms with E-state index in [9.17, 15) is 0 Å². The molecule has 0 bridgehead atoms. The van der Waals surface area contributed by atoms with Crippen LogP contribution in [0.15, 0.2) is 42.5 Å². The molecule has 25 heavy (non-hydrogen) atoms. The highest BCUT2D eigenvalue weighted by atomic mass is 32.1. The van der Waals surface area contributed by atoms with Gasteiger partial charge in [0.25, 0.3) is 0 Å². The highest BCUT2D eigenvalue weighted by molar-refractivity contribution is 7.80. The quantitative estimate of drug-likeness (QED) is 0.719. The third kappa shape index (κ3) is 5.10. The molecule has 2 aromatic carbocycles. The Balaban J connectivity index is 2.20. The smallest absolute Gasteiger partial charge is 0.175 e. The molecule has 134 valence electrons. The van der Waals surface area contributed by atoms with Crippen LogP contribution in [0, 0.1) is 0 Å². The molecule has 0 aromatic heterocycles. The van der Waals surface area contributed by atoms with Crippen LogP contribution in [0.25, 0.3) is 0 Å². The van der Waals surface area contributed by atoms with Crippen molar-refractivity contribution in [2.24, 2.45) is 0 Å². The lowest BCUT2D eigenvalue weighted by molar-refractivity contribution is 0.342. The van der Waals surface area contributed by atoms with Gasteiger partial charge in [-0.3, -0.25) is 0 Å². The summed E-state index contributed by atoms with van der Waals surface area (Å²) >= 11 is 5.47. The van der Waals surface area contributed by atoms with E-state index in [0.29, 0.717) is 11.7 Å². The summed E-state index contributed by atoms with van der Waals surface area (Å²) in [6.45, 7) is 9.07. The van der Waals surface area contributed by atoms with Crippen LogP contribution in [0.3, 0.4) is 0 Å². The first-order chi connectivity index (χ1) is 11.8. The molecule has 0 atom stereocenters. The maximum Gasteiger partial charge on any atom is 0.175 e. The molecule has 0 saturated carbocycles. The Morgan fingerprint density at radius 3 is 2.32 bits per heavy atom. The van der Waals surface area contributed by atoms with Gasteiger partial charge in [-0.05, 0) is 54.4 Å². The molecule has 0 aliphatic rings. The number of hydrogen-bond acceptors (Lipinski definition) is 3. The highest BCUT2D eigenvalue weighted by Gasteiger charge is 2.16. The number of anilines is 2. The maximum absolute atomic E-state index is 5.62. The summed E-state index contributed by atoms with van der Waals surface area (Å²) in [7, 11) is 1.65. The predicted molar refractivity (Wildman–Crippen MR) is 109 cm³/mol. The summed E-state index contributed by atoms with van der Waals surface area (Å²) in [5.41, 5.74) is 2.90. The van der Waals surface area contributed by atoms with E-state index >= 15 is 0 Å². The van der Waals surface area contributed by atoms with Gasteiger partial charge in [-0.2, -0.15) is 0 Å². The number of benzene rings is 2. The summed E-state index contributed by atoms with van der Waals surface area (Å²) in [6.07, 6.45) is 0. The predicted octanol–water partition coefficient (Wildman–Crippen LogP) is 5.20. The zero-order valence-corrected chi connectivity index (χ0v) is 16.3. The summed E-state index contributed by atoms with van der Waals surface area (Å²) < 4.78 is 11.1. The molecule has 0 fully saturated rings. The number of thiocarbonyl (C=S) groups is 1. The lowest BCUT2D eigenvalue weighted by Crippen LogP contribution is -2.21. The van der Waals surface area contributed by atoms with Gasteiger partial charge < -0.3 is 20.1 Å². The van der Waals surface area contributed by atoms with Crippen LogP contribution in [0.2, 0.25) is 0 Å². The van der Waals surface area contributed by atoms with E-state index in [2.05, 4.69) is 43.5 Å². The number of rotatable bonds is 5. The van der Waals surface area contributed by atoms with E-state index in [-0.39, 0.29) is 5.41 Å². The average molecular weight is 359 g/mol. The molecule has 0 amide bonds. The SMILES string of the molecule is CCOc1ccccc1NC(=S)Nc1cc(C(C)(C)C)ccc1OC. The molecule has 0 saturated heterocycles. The van der Waals surface area contributed by atoms with Gasteiger partial charge in [0.05, 0.1) is 25.1 Å². The maximum atomic E-state index is 5.62. The number of hydrogen-bond donors (Lipinski definition) is 2. The van der Waals surface area contributed by atoms with Gasteiger partial charge in [-0.1, -0.05) is 39.0 Å². The Morgan fingerprint density at radius 1 is 1.00 bits per heavy atom. The minimum atomic E-state index is 0.0410. The van der Waals surface area contributed by atoms with Gasteiger partial charge in [-0.25, -0.2) is 0 Å². The molecule has 0 aliphatic heterocycles. The van der Waals surface area contributed by atoms with Gasteiger partial charge in [0.15, 0.2) is 5.11 Å². The lowest BCUT2D eigenvalue weighted by Gasteiger charge is -2.22. The minimum Gasteiger partial charge on any atom is -0.495 e. The van der Waals surface area contributed by atoms with Crippen LogP contribution in [0.4, 0.5) is 11.4 Å². The summed E-state index contributed by atoms with van der Waals surface area (Å²) in [5, 5.41) is 6.91. The monoisotopic (exact) mass is 358 g/mol. The fourth-order valence-electron chi connectivity index (χ4n) is 2.40. The third-order valence-corrected chi connectivity index (χ3v) is 3.95. The van der Waals surface area contributed by atoms with E-state index < -0.39 is 0 Å². The summed E-state index contributed by atoms with van der Waals surface area (Å²) in [6, 6.07) is 13.8. The summed E-state index contributed by atoms with van der Waals surface area (Å²) in [4.78, 5) is 0. The van der Waals surface area contributed by atoms with E-state index in [0.717, 1.165) is 22.9 Å². The van der Waals surface area contributed by atoms with E-state index in [1.165, 1.54) is 5.56 Å². The van der Waals surface area contributed by atoms with Crippen molar-refractivity contribution in [3.8, 4) is 11.5 Å². The van der Waals surface area contributed by atoms with Crippen LogP contribution in [-0.4, -0.2) is 18.8 Å². The van der Waals surface area contributed by atoms with Crippen molar-refractivity contribution in [2.75, 3.05) is 24.4 Å². The molecule has 2 rings (SSSR count). The minimum absolute atomic E-state index is 0.0410. The van der Waals surface area contributed by atoms with E-state index in [1.54, 1.807) is 7.11 Å². The second-order valence-corrected chi connectivity index (χ2v) is 7.08. The third-order valence-electron chi connectivity index (χ3n) is 3.75. The first-order valence-electron chi connectivity index (χ1n) is 8.33. The van der Waals surface area contributed by atoms with Crippen molar-refractivity contribution in [3.63, 3.8) is 0 Å². The van der Waals surface area contributed by atoms with Crippen LogP contribution >= 0.6 is 12.2 Å². The number of nitrogens with one attached hydrogen (secondary N) is 2. The van der Waals surface area contributed by atoms with Gasteiger partial charge in [0.1, 0.15) is 11.5 Å². The largest absolute Gasteiger partial charge is 0.495 e. The van der Waals surface area contributed by atoms with Crippen molar-refractivity contribution in [1.29, 1.82) is 0 Å². The molecule has 0 heterocycles. The lowest BCUT2D eigenvalue weighted by atomic mass is 9.87. The molecule has 5 heteroatoms. The number of methoxy groups -OCH3 is 1. The Kier molecular flexibility index (Phi) is 6.26. The second kappa shape index (κ2) is 8.21. The van der Waals surface area contributed by atoms with Crippen LogP contribution < -0.4 is 20.1 Å². The molecule has 2 aromatic rings. The fourth-order valence-corrected chi connectivity index (χ4v) is 2.62. The fraction of sp³-hybridized carbons (Fsp3) is 0.350.